The molecule has 0 radical (unpaired) electrons. The Bertz CT molecular complexity index is 754. The largest absolute Gasteiger partial charge is 0.487 e. The number of fused-ring (bicyclic) bond motifs is 1. The van der Waals surface area contributed by atoms with Crippen molar-refractivity contribution in [3.63, 3.8) is 0 Å². The van der Waals surface area contributed by atoms with Crippen molar-refractivity contribution in [3.05, 3.63) is 65.6 Å². The Morgan fingerprint density at radius 2 is 2.00 bits per heavy atom. The molecule has 2 heterocycles. The van der Waals surface area contributed by atoms with Crippen molar-refractivity contribution in [2.24, 2.45) is 0 Å². The number of aromatic nitrogens is 2. The highest BCUT2D eigenvalue weighted by Crippen LogP contribution is 2.20. The Morgan fingerprint density at radius 1 is 1.14 bits per heavy atom. The van der Waals surface area contributed by atoms with Crippen LogP contribution in [0, 0.1) is 6.92 Å². The monoisotopic (exact) mass is 280 g/mol. The first-order chi connectivity index (χ1) is 10.3. The van der Waals surface area contributed by atoms with E-state index in [4.69, 9.17) is 9.84 Å². The lowest BCUT2D eigenvalue weighted by Gasteiger charge is -2.10. The molecule has 0 saturated carbocycles. The van der Waals surface area contributed by atoms with E-state index < -0.39 is 0 Å². The summed E-state index contributed by atoms with van der Waals surface area (Å²) in [5.41, 5.74) is 3.68. The predicted octanol–water partition coefficient (Wildman–Crippen LogP) is 3.01. The quantitative estimate of drug-likeness (QED) is 0.798. The van der Waals surface area contributed by atoms with Crippen molar-refractivity contribution in [2.75, 3.05) is 0 Å². The minimum absolute atomic E-state index is 0.0610. The molecule has 0 amide bonds. The van der Waals surface area contributed by atoms with Crippen LogP contribution >= 0.6 is 0 Å². The highest BCUT2D eigenvalue weighted by Gasteiger charge is 2.05. The first kappa shape index (κ1) is 13.5. The molecule has 4 nitrogen and oxygen atoms in total. The maximum Gasteiger partial charge on any atom is 0.138 e. The van der Waals surface area contributed by atoms with E-state index in [0.29, 0.717) is 18.1 Å². The van der Waals surface area contributed by atoms with Crippen LogP contribution in [0.25, 0.3) is 10.9 Å². The zero-order chi connectivity index (χ0) is 14.7. The van der Waals surface area contributed by atoms with Gasteiger partial charge in [0, 0.05) is 16.6 Å². The molecule has 1 N–H and O–H groups in total. The molecule has 0 aliphatic heterocycles. The summed E-state index contributed by atoms with van der Waals surface area (Å²) in [5.74, 6) is 0.686. The van der Waals surface area contributed by atoms with Gasteiger partial charge in [0.15, 0.2) is 0 Å². The number of rotatable bonds is 4. The first-order valence-electron chi connectivity index (χ1n) is 6.80. The third-order valence-electron chi connectivity index (χ3n) is 3.28. The summed E-state index contributed by atoms with van der Waals surface area (Å²) in [6.07, 6.45) is 1.63. The molecule has 4 heteroatoms. The number of aliphatic hydroxyl groups is 1. The number of hydrogen-bond acceptors (Lipinski definition) is 4. The van der Waals surface area contributed by atoms with Gasteiger partial charge in [0.25, 0.3) is 0 Å². The van der Waals surface area contributed by atoms with Crippen LogP contribution in [0.4, 0.5) is 0 Å². The average molecular weight is 280 g/mol. The molecule has 0 bridgehead atoms. The third-order valence-corrected chi connectivity index (χ3v) is 3.28. The second-order valence-corrected chi connectivity index (χ2v) is 4.87. The maximum absolute atomic E-state index is 8.98. The van der Waals surface area contributed by atoms with E-state index in [2.05, 4.69) is 9.97 Å². The standard InChI is InChI=1S/C17H16N2O2/c1-12-8-13(16-4-2-3-5-17(16)19-12)11-21-15-7-6-14(10-20)18-9-15/h2-9,20H,10-11H2,1H3. The van der Waals surface area contributed by atoms with Gasteiger partial charge in [-0.3, -0.25) is 9.97 Å². The van der Waals surface area contributed by atoms with E-state index in [-0.39, 0.29) is 6.61 Å². The van der Waals surface area contributed by atoms with Gasteiger partial charge in [0.05, 0.1) is 24.0 Å². The van der Waals surface area contributed by atoms with E-state index in [0.717, 1.165) is 22.2 Å². The van der Waals surface area contributed by atoms with E-state index in [1.54, 1.807) is 12.3 Å². The fourth-order valence-corrected chi connectivity index (χ4v) is 2.27. The van der Waals surface area contributed by atoms with E-state index in [1.807, 2.05) is 43.3 Å². The van der Waals surface area contributed by atoms with Crippen LogP contribution in [0.15, 0.2) is 48.7 Å². The van der Waals surface area contributed by atoms with Crippen LogP contribution in [-0.2, 0) is 13.2 Å². The maximum atomic E-state index is 8.98. The zero-order valence-electron chi connectivity index (χ0n) is 11.8. The van der Waals surface area contributed by atoms with Gasteiger partial charge in [0.2, 0.25) is 0 Å². The highest BCUT2D eigenvalue weighted by atomic mass is 16.5. The van der Waals surface area contributed by atoms with Crippen LogP contribution in [0.2, 0.25) is 0 Å². The van der Waals surface area contributed by atoms with Crippen molar-refractivity contribution < 1.29 is 9.84 Å². The molecule has 0 aliphatic rings. The van der Waals surface area contributed by atoms with Gasteiger partial charge >= 0.3 is 0 Å². The van der Waals surface area contributed by atoms with E-state index in [1.165, 1.54) is 0 Å². The summed E-state index contributed by atoms with van der Waals surface area (Å²) in [4.78, 5) is 8.62. The summed E-state index contributed by atoms with van der Waals surface area (Å²) in [6.45, 7) is 2.38. The molecule has 0 unspecified atom stereocenters. The second kappa shape index (κ2) is 5.89. The molecule has 21 heavy (non-hydrogen) atoms. The molecule has 1 aromatic carbocycles. The van der Waals surface area contributed by atoms with Crippen molar-refractivity contribution >= 4 is 10.9 Å². The molecule has 106 valence electrons. The lowest BCUT2D eigenvalue weighted by molar-refractivity contribution is 0.275. The summed E-state index contributed by atoms with van der Waals surface area (Å²) in [6, 6.07) is 13.6. The van der Waals surface area contributed by atoms with E-state index in [9.17, 15) is 0 Å². The van der Waals surface area contributed by atoms with Gasteiger partial charge in [-0.15, -0.1) is 0 Å². The Labute approximate surface area is 123 Å². The normalized spacial score (nSPS) is 10.8. The summed E-state index contributed by atoms with van der Waals surface area (Å²) in [7, 11) is 0. The number of para-hydroxylation sites is 1. The molecule has 2 aromatic heterocycles. The number of hydrogen-bond donors (Lipinski definition) is 1. The summed E-state index contributed by atoms with van der Waals surface area (Å²) >= 11 is 0. The smallest absolute Gasteiger partial charge is 0.138 e. The number of aryl methyl sites for hydroxylation is 1. The number of aliphatic hydroxyl groups excluding tert-OH is 1. The molecule has 3 aromatic rings. The lowest BCUT2D eigenvalue weighted by Crippen LogP contribution is -1.99. The fourth-order valence-electron chi connectivity index (χ4n) is 2.27. The number of benzene rings is 1. The molecule has 0 saturated heterocycles. The topological polar surface area (TPSA) is 55.2 Å². The van der Waals surface area contributed by atoms with Gasteiger partial charge in [-0.05, 0) is 31.2 Å². The molecular formula is C17H16N2O2. The van der Waals surface area contributed by atoms with Crippen LogP contribution < -0.4 is 4.74 Å². The van der Waals surface area contributed by atoms with Gasteiger partial charge in [0.1, 0.15) is 12.4 Å². The van der Waals surface area contributed by atoms with Crippen LogP contribution in [0.3, 0.4) is 0 Å². The van der Waals surface area contributed by atoms with Gasteiger partial charge in [-0.25, -0.2) is 0 Å². The third kappa shape index (κ3) is 3.01. The number of nitrogens with zero attached hydrogens (tertiary/aromatic N) is 2. The molecule has 0 aliphatic carbocycles. The van der Waals surface area contributed by atoms with Crippen LogP contribution in [0.1, 0.15) is 17.0 Å². The lowest BCUT2D eigenvalue weighted by atomic mass is 10.1. The minimum atomic E-state index is -0.0610. The SMILES string of the molecule is Cc1cc(COc2ccc(CO)nc2)c2ccccc2n1. The van der Waals surface area contributed by atoms with Crippen LogP contribution in [-0.4, -0.2) is 15.1 Å². The Kier molecular flexibility index (Phi) is 3.79. The minimum Gasteiger partial charge on any atom is -0.487 e. The molecule has 0 fully saturated rings. The van der Waals surface area contributed by atoms with Gasteiger partial charge < -0.3 is 9.84 Å². The second-order valence-electron chi connectivity index (χ2n) is 4.87. The zero-order valence-corrected chi connectivity index (χ0v) is 11.8. The summed E-state index contributed by atoms with van der Waals surface area (Å²) in [5, 5.41) is 10.1. The Balaban J connectivity index is 1.84. The molecule has 0 atom stereocenters. The van der Waals surface area contributed by atoms with Crippen molar-refractivity contribution in [1.82, 2.24) is 9.97 Å². The summed E-state index contributed by atoms with van der Waals surface area (Å²) < 4.78 is 5.78. The van der Waals surface area contributed by atoms with E-state index >= 15 is 0 Å². The predicted molar refractivity (Wildman–Crippen MR) is 81.0 cm³/mol. The number of pyridine rings is 2. The Morgan fingerprint density at radius 3 is 2.76 bits per heavy atom. The van der Waals surface area contributed by atoms with Gasteiger partial charge in [-0.1, -0.05) is 18.2 Å². The number of ether oxygens (including phenoxy) is 1. The highest BCUT2D eigenvalue weighted by molar-refractivity contribution is 5.82. The fraction of sp³-hybridized carbons (Fsp3) is 0.176. The van der Waals surface area contributed by atoms with Gasteiger partial charge in [-0.2, -0.15) is 0 Å². The van der Waals surface area contributed by atoms with Crippen LogP contribution in [0.5, 0.6) is 5.75 Å². The average Bonchev–Trinajstić information content (AvgIpc) is 2.53. The molecule has 3 rings (SSSR count). The first-order valence-corrected chi connectivity index (χ1v) is 6.80. The van der Waals surface area contributed by atoms with Crippen molar-refractivity contribution in [1.29, 1.82) is 0 Å². The van der Waals surface area contributed by atoms with Crippen molar-refractivity contribution in [3.8, 4) is 5.75 Å². The molecule has 0 spiro atoms. The molecular weight excluding hydrogens is 264 g/mol. The Hall–Kier alpha value is -2.46. The van der Waals surface area contributed by atoms with Crippen molar-refractivity contribution in [2.45, 2.75) is 20.1 Å².